The summed E-state index contributed by atoms with van der Waals surface area (Å²) in [5.41, 5.74) is 2.48. The van der Waals surface area contributed by atoms with Crippen molar-refractivity contribution in [1.29, 1.82) is 0 Å². The first-order chi connectivity index (χ1) is 11.1. The summed E-state index contributed by atoms with van der Waals surface area (Å²) < 4.78 is 13.9. The molecule has 0 saturated carbocycles. The molecule has 4 heterocycles. The Hall–Kier alpha value is -2.06. The quantitative estimate of drug-likeness (QED) is 0.770. The van der Waals surface area contributed by atoms with Crippen LogP contribution in [0.4, 0.5) is 4.39 Å². The van der Waals surface area contributed by atoms with E-state index in [9.17, 15) is 9.18 Å². The highest BCUT2D eigenvalue weighted by Gasteiger charge is 2.22. The highest BCUT2D eigenvalue weighted by Crippen LogP contribution is 2.32. The summed E-state index contributed by atoms with van der Waals surface area (Å²) in [6.07, 6.45) is 1.53. The van der Waals surface area contributed by atoms with Crippen molar-refractivity contribution < 1.29 is 4.39 Å². The maximum Gasteiger partial charge on any atom is 0.268 e. The maximum absolute atomic E-state index is 13.3. The van der Waals surface area contributed by atoms with Crippen LogP contribution in [0.3, 0.4) is 0 Å². The van der Waals surface area contributed by atoms with Crippen LogP contribution < -0.4 is 5.56 Å². The van der Waals surface area contributed by atoms with E-state index in [1.54, 1.807) is 6.20 Å². The number of hydrogen-bond donors (Lipinski definition) is 2. The van der Waals surface area contributed by atoms with Gasteiger partial charge in [0.1, 0.15) is 16.7 Å². The predicted octanol–water partition coefficient (Wildman–Crippen LogP) is 2.23. The van der Waals surface area contributed by atoms with Gasteiger partial charge in [-0.15, -0.1) is 11.3 Å². The van der Waals surface area contributed by atoms with Crippen LogP contribution in [0.5, 0.6) is 0 Å². The van der Waals surface area contributed by atoms with Crippen LogP contribution >= 0.6 is 11.3 Å². The number of nitrogens with zero attached hydrogens (tertiary/aromatic N) is 3. The molecular weight excluding hydrogens is 317 g/mol. The minimum Gasteiger partial charge on any atom is -0.308 e. The summed E-state index contributed by atoms with van der Waals surface area (Å²) in [5.74, 6) is 0.588. The lowest BCUT2D eigenvalue weighted by Crippen LogP contribution is -2.23. The Bertz CT molecular complexity index is 914. The molecule has 2 N–H and O–H groups in total. The fraction of sp³-hybridized carbons (Fsp3) is 0.400. The van der Waals surface area contributed by atoms with E-state index in [0.29, 0.717) is 42.1 Å². The van der Waals surface area contributed by atoms with Gasteiger partial charge in [-0.25, -0.2) is 9.37 Å². The van der Waals surface area contributed by atoms with Gasteiger partial charge in [-0.2, -0.15) is 5.10 Å². The van der Waals surface area contributed by atoms with E-state index in [4.69, 9.17) is 0 Å². The summed E-state index contributed by atoms with van der Waals surface area (Å²) in [6, 6.07) is 1.92. The van der Waals surface area contributed by atoms with Crippen molar-refractivity contribution in [2.75, 3.05) is 13.1 Å². The summed E-state index contributed by atoms with van der Waals surface area (Å²) in [5, 5.41) is 6.91. The van der Waals surface area contributed by atoms with Crippen LogP contribution in [0.1, 0.15) is 17.9 Å². The van der Waals surface area contributed by atoms with Gasteiger partial charge in [-0.3, -0.25) is 14.8 Å². The number of likely N-dealkylation sites (tertiary alicyclic amines) is 1. The topological polar surface area (TPSA) is 77.7 Å². The summed E-state index contributed by atoms with van der Waals surface area (Å²) in [7, 11) is 0. The molecule has 0 amide bonds. The third-order valence-corrected chi connectivity index (χ3v) is 5.27. The van der Waals surface area contributed by atoms with Crippen molar-refractivity contribution in [2.45, 2.75) is 26.1 Å². The molecule has 1 aliphatic rings. The van der Waals surface area contributed by atoms with Crippen molar-refractivity contribution in [2.24, 2.45) is 0 Å². The maximum atomic E-state index is 13.3. The highest BCUT2D eigenvalue weighted by molar-refractivity contribution is 7.22. The molecule has 1 aliphatic heterocycles. The minimum atomic E-state index is -0.776. The molecule has 120 valence electrons. The zero-order chi connectivity index (χ0) is 16.0. The number of aryl methyl sites for hydroxylation is 1. The Labute approximate surface area is 135 Å². The molecule has 23 heavy (non-hydrogen) atoms. The van der Waals surface area contributed by atoms with E-state index < -0.39 is 6.17 Å². The number of H-pyrrole nitrogens is 2. The highest BCUT2D eigenvalue weighted by atomic mass is 32.1. The summed E-state index contributed by atoms with van der Waals surface area (Å²) in [4.78, 5) is 22.6. The number of nitrogens with one attached hydrogen (secondary N) is 2. The third kappa shape index (κ3) is 2.68. The van der Waals surface area contributed by atoms with Crippen LogP contribution in [0.2, 0.25) is 0 Å². The molecule has 1 atom stereocenters. The standard InChI is InChI=1S/C15H16FN5OS/c1-8-10(5-17-20-8)12-4-11-14(23-12)15(22)19-13(18-11)7-21-3-2-9(16)6-21/h4-5,9H,2-3,6-7H2,1H3,(H,17,20)(H,18,19,22)/t9-/m0/s1. The lowest BCUT2D eigenvalue weighted by atomic mass is 10.2. The Morgan fingerprint density at radius 3 is 3.09 bits per heavy atom. The molecule has 8 heteroatoms. The predicted molar refractivity (Wildman–Crippen MR) is 87.3 cm³/mol. The normalized spacial score (nSPS) is 19.0. The first-order valence-electron chi connectivity index (χ1n) is 7.49. The van der Waals surface area contributed by atoms with Gasteiger partial charge >= 0.3 is 0 Å². The van der Waals surface area contributed by atoms with Gasteiger partial charge in [0.25, 0.3) is 5.56 Å². The summed E-state index contributed by atoms with van der Waals surface area (Å²) in [6.45, 7) is 3.52. The van der Waals surface area contributed by atoms with Gasteiger partial charge in [0.05, 0.1) is 18.3 Å². The second-order valence-electron chi connectivity index (χ2n) is 5.87. The van der Waals surface area contributed by atoms with Crippen LogP contribution in [0.15, 0.2) is 17.1 Å². The minimum absolute atomic E-state index is 0.140. The second-order valence-corrected chi connectivity index (χ2v) is 6.92. The zero-order valence-electron chi connectivity index (χ0n) is 12.6. The molecule has 3 aromatic heterocycles. The monoisotopic (exact) mass is 333 g/mol. The average Bonchev–Trinajstić information content (AvgIpc) is 3.19. The fourth-order valence-electron chi connectivity index (χ4n) is 2.94. The smallest absolute Gasteiger partial charge is 0.268 e. The van der Waals surface area contributed by atoms with Crippen LogP contribution in [0.25, 0.3) is 20.7 Å². The number of thiophene rings is 1. The Morgan fingerprint density at radius 1 is 1.52 bits per heavy atom. The van der Waals surface area contributed by atoms with Gasteiger partial charge in [-0.05, 0) is 19.4 Å². The number of aromatic amines is 2. The number of aromatic nitrogens is 4. The lowest BCUT2D eigenvalue weighted by Gasteiger charge is -2.13. The van der Waals surface area contributed by atoms with Gasteiger partial charge in [0, 0.05) is 29.2 Å². The van der Waals surface area contributed by atoms with Crippen molar-refractivity contribution in [3.63, 3.8) is 0 Å². The van der Waals surface area contributed by atoms with E-state index >= 15 is 0 Å². The van der Waals surface area contributed by atoms with Crippen LogP contribution in [-0.4, -0.2) is 44.3 Å². The molecule has 0 spiro atoms. The van der Waals surface area contributed by atoms with E-state index in [-0.39, 0.29) is 5.56 Å². The van der Waals surface area contributed by atoms with Gasteiger partial charge < -0.3 is 4.98 Å². The number of rotatable bonds is 3. The Balaban J connectivity index is 1.70. The Kier molecular flexibility index (Phi) is 3.50. The second kappa shape index (κ2) is 5.54. The molecule has 4 rings (SSSR count). The molecule has 0 aliphatic carbocycles. The van der Waals surface area contributed by atoms with E-state index in [1.165, 1.54) is 11.3 Å². The number of alkyl halides is 1. The average molecular weight is 333 g/mol. The van der Waals surface area contributed by atoms with Crippen molar-refractivity contribution in [3.05, 3.63) is 34.1 Å². The van der Waals surface area contributed by atoms with E-state index in [2.05, 4.69) is 20.2 Å². The fourth-order valence-corrected chi connectivity index (χ4v) is 3.99. The molecule has 0 radical (unpaired) electrons. The molecule has 0 bridgehead atoms. The molecule has 3 aromatic rings. The van der Waals surface area contributed by atoms with E-state index in [1.807, 2.05) is 17.9 Å². The van der Waals surface area contributed by atoms with Gasteiger partial charge in [0.15, 0.2) is 0 Å². The molecule has 0 unspecified atom stereocenters. The first-order valence-corrected chi connectivity index (χ1v) is 8.31. The molecular formula is C15H16FN5OS. The number of halogens is 1. The van der Waals surface area contributed by atoms with E-state index in [0.717, 1.165) is 16.1 Å². The molecule has 1 fully saturated rings. The molecule has 0 aromatic carbocycles. The van der Waals surface area contributed by atoms with Crippen molar-refractivity contribution in [1.82, 2.24) is 25.1 Å². The number of hydrogen-bond acceptors (Lipinski definition) is 5. The Morgan fingerprint density at radius 2 is 2.39 bits per heavy atom. The largest absolute Gasteiger partial charge is 0.308 e. The molecule has 1 saturated heterocycles. The first kappa shape index (κ1) is 14.5. The zero-order valence-corrected chi connectivity index (χ0v) is 13.4. The molecule has 6 nitrogen and oxygen atoms in total. The van der Waals surface area contributed by atoms with Crippen molar-refractivity contribution >= 4 is 21.6 Å². The van der Waals surface area contributed by atoms with Crippen molar-refractivity contribution in [3.8, 4) is 10.4 Å². The summed E-state index contributed by atoms with van der Waals surface area (Å²) >= 11 is 1.41. The van der Waals surface area contributed by atoms with Crippen LogP contribution in [0, 0.1) is 6.92 Å². The lowest BCUT2D eigenvalue weighted by molar-refractivity contribution is 0.277. The number of fused-ring (bicyclic) bond motifs is 1. The van der Waals surface area contributed by atoms with Gasteiger partial charge in [0.2, 0.25) is 0 Å². The SMILES string of the molecule is Cc1[nH]ncc1-c1cc2nc(CN3CC[C@H](F)C3)[nH]c(=O)c2s1. The van der Waals surface area contributed by atoms with Crippen LogP contribution in [-0.2, 0) is 6.54 Å². The third-order valence-electron chi connectivity index (χ3n) is 4.12. The van der Waals surface area contributed by atoms with Gasteiger partial charge in [-0.1, -0.05) is 0 Å².